The third kappa shape index (κ3) is 5.46. The molecule has 0 heterocycles. The molecule has 0 aliphatic heterocycles. The van der Waals surface area contributed by atoms with Gasteiger partial charge in [-0.15, -0.1) is 0 Å². The minimum Gasteiger partial charge on any atom is -0.405 e. The smallest absolute Gasteiger partial charge is 0.105 e. The van der Waals surface area contributed by atoms with E-state index in [4.69, 9.17) is 16.6 Å². The molecule has 0 aliphatic carbocycles. The molecule has 0 radical (unpaired) electrons. The highest BCUT2D eigenvalue weighted by molar-refractivity contribution is 4.76. The Labute approximate surface area is 42.6 Å². The van der Waals surface area contributed by atoms with Crippen molar-refractivity contribution in [2.45, 2.75) is 12.6 Å². The van der Waals surface area contributed by atoms with Gasteiger partial charge in [-0.3, -0.25) is 0 Å². The molecular formula is C4H10N2O. The van der Waals surface area contributed by atoms with E-state index in [0.29, 0.717) is 6.42 Å². The summed E-state index contributed by atoms with van der Waals surface area (Å²) in [7, 11) is 0. The van der Waals surface area contributed by atoms with Gasteiger partial charge in [0.2, 0.25) is 0 Å². The van der Waals surface area contributed by atoms with E-state index in [0.717, 1.165) is 0 Å². The number of aliphatic hydroxyl groups excluding tert-OH is 1. The molecule has 3 heteroatoms. The van der Waals surface area contributed by atoms with E-state index in [1.165, 1.54) is 6.20 Å². The maximum atomic E-state index is 8.35. The first-order valence-electron chi connectivity index (χ1n) is 2.07. The van der Waals surface area contributed by atoms with E-state index in [2.05, 4.69) is 0 Å². The lowest BCUT2D eigenvalue weighted by molar-refractivity contribution is 0.186. The maximum absolute atomic E-state index is 8.35. The Morgan fingerprint density at radius 3 is 2.43 bits per heavy atom. The Kier molecular flexibility index (Phi) is 3.36. The summed E-state index contributed by atoms with van der Waals surface area (Å²) in [6, 6.07) is 0. The lowest BCUT2D eigenvalue weighted by atomic mass is 10.4. The molecule has 1 atom stereocenters. The molecule has 0 aliphatic rings. The Hall–Kier alpha value is -0.540. The molecule has 0 aromatic carbocycles. The predicted molar refractivity (Wildman–Crippen MR) is 28.1 cm³/mol. The Morgan fingerprint density at radius 2 is 2.29 bits per heavy atom. The summed E-state index contributed by atoms with van der Waals surface area (Å²) in [5.41, 5.74) is 9.86. The zero-order chi connectivity index (χ0) is 5.70. The zero-order valence-electron chi connectivity index (χ0n) is 4.04. The molecule has 0 saturated heterocycles. The van der Waals surface area contributed by atoms with Crippen LogP contribution in [-0.2, 0) is 0 Å². The van der Waals surface area contributed by atoms with Gasteiger partial charge >= 0.3 is 0 Å². The van der Waals surface area contributed by atoms with Crippen LogP contribution in [0.3, 0.4) is 0 Å². The second kappa shape index (κ2) is 3.64. The molecule has 0 spiro atoms. The molecule has 0 aromatic rings. The normalized spacial score (nSPS) is 15.1. The van der Waals surface area contributed by atoms with E-state index in [1.807, 2.05) is 0 Å². The van der Waals surface area contributed by atoms with Crippen LogP contribution in [0.4, 0.5) is 0 Å². The summed E-state index contributed by atoms with van der Waals surface area (Å²) in [4.78, 5) is 0. The summed E-state index contributed by atoms with van der Waals surface area (Å²) in [6.07, 6.45) is 2.62. The fourth-order valence-electron chi connectivity index (χ4n) is 0.218. The van der Waals surface area contributed by atoms with Gasteiger partial charge in [0.05, 0.1) is 0 Å². The molecule has 3 nitrogen and oxygen atoms in total. The van der Waals surface area contributed by atoms with E-state index in [-0.39, 0.29) is 0 Å². The highest BCUT2D eigenvalue weighted by atomic mass is 16.3. The van der Waals surface area contributed by atoms with Gasteiger partial charge in [0, 0.05) is 6.42 Å². The molecule has 42 valence electrons. The van der Waals surface area contributed by atoms with Crippen LogP contribution in [0, 0.1) is 0 Å². The Bertz CT molecular complexity index is 60.7. The van der Waals surface area contributed by atoms with Crippen molar-refractivity contribution in [2.75, 3.05) is 0 Å². The van der Waals surface area contributed by atoms with Gasteiger partial charge in [0.15, 0.2) is 0 Å². The Morgan fingerprint density at radius 1 is 1.71 bits per heavy atom. The highest BCUT2D eigenvalue weighted by Gasteiger charge is 1.85. The van der Waals surface area contributed by atoms with Crippen molar-refractivity contribution in [1.29, 1.82) is 0 Å². The maximum Gasteiger partial charge on any atom is 0.105 e. The van der Waals surface area contributed by atoms with Gasteiger partial charge in [-0.25, -0.2) is 0 Å². The largest absolute Gasteiger partial charge is 0.405 e. The van der Waals surface area contributed by atoms with Crippen LogP contribution in [0.2, 0.25) is 0 Å². The van der Waals surface area contributed by atoms with Crippen LogP contribution in [-0.4, -0.2) is 11.3 Å². The standard InChI is InChI=1S/C4H10N2O/c5-3-1-2-4(6)7/h1,3-4,7H,2,5-6H2/b3-1-/t4-/m1/s1. The topological polar surface area (TPSA) is 72.3 Å². The Balaban J connectivity index is 2.97. The van der Waals surface area contributed by atoms with Gasteiger partial charge in [-0.1, -0.05) is 6.08 Å². The van der Waals surface area contributed by atoms with E-state index in [1.54, 1.807) is 6.08 Å². The van der Waals surface area contributed by atoms with Gasteiger partial charge < -0.3 is 16.6 Å². The van der Waals surface area contributed by atoms with Crippen molar-refractivity contribution in [3.05, 3.63) is 12.3 Å². The molecule has 7 heavy (non-hydrogen) atoms. The first kappa shape index (κ1) is 6.46. The molecule has 0 amide bonds. The van der Waals surface area contributed by atoms with Gasteiger partial charge in [-0.05, 0) is 6.20 Å². The fraction of sp³-hybridized carbons (Fsp3) is 0.500. The molecule has 0 bridgehead atoms. The number of rotatable bonds is 2. The monoisotopic (exact) mass is 102 g/mol. The quantitative estimate of drug-likeness (QED) is 0.397. The zero-order valence-corrected chi connectivity index (χ0v) is 4.04. The minimum absolute atomic E-state index is 0.427. The molecule has 0 rings (SSSR count). The predicted octanol–water partition coefficient (Wildman–Crippen LogP) is -0.874. The summed E-state index contributed by atoms with van der Waals surface area (Å²) in [6.45, 7) is 0. The van der Waals surface area contributed by atoms with Gasteiger partial charge in [-0.2, -0.15) is 0 Å². The first-order chi connectivity index (χ1) is 3.27. The van der Waals surface area contributed by atoms with Crippen LogP contribution in [0.1, 0.15) is 6.42 Å². The van der Waals surface area contributed by atoms with Gasteiger partial charge in [0.1, 0.15) is 6.23 Å². The minimum atomic E-state index is -0.764. The average Bonchev–Trinajstić information content (AvgIpc) is 1.61. The summed E-state index contributed by atoms with van der Waals surface area (Å²) in [5.74, 6) is 0. The van der Waals surface area contributed by atoms with Gasteiger partial charge in [0.25, 0.3) is 0 Å². The third-order valence-electron chi connectivity index (χ3n) is 0.514. The first-order valence-corrected chi connectivity index (χ1v) is 2.07. The molecule has 5 N–H and O–H groups in total. The second-order valence-corrected chi connectivity index (χ2v) is 1.23. The number of aliphatic hydroxyl groups is 1. The summed E-state index contributed by atoms with van der Waals surface area (Å²) >= 11 is 0. The van der Waals surface area contributed by atoms with Crippen molar-refractivity contribution < 1.29 is 5.11 Å². The van der Waals surface area contributed by atoms with Crippen molar-refractivity contribution in [2.24, 2.45) is 11.5 Å². The molecule has 0 unspecified atom stereocenters. The van der Waals surface area contributed by atoms with E-state index < -0.39 is 6.23 Å². The van der Waals surface area contributed by atoms with E-state index >= 15 is 0 Å². The lowest BCUT2D eigenvalue weighted by Crippen LogP contribution is -2.16. The molecule has 0 saturated carbocycles. The van der Waals surface area contributed by atoms with Crippen molar-refractivity contribution >= 4 is 0 Å². The second-order valence-electron chi connectivity index (χ2n) is 1.23. The number of nitrogens with two attached hydrogens (primary N) is 2. The van der Waals surface area contributed by atoms with Crippen LogP contribution >= 0.6 is 0 Å². The lowest BCUT2D eigenvalue weighted by Gasteiger charge is -1.94. The van der Waals surface area contributed by atoms with Crippen LogP contribution in [0.15, 0.2) is 12.3 Å². The highest BCUT2D eigenvalue weighted by Crippen LogP contribution is 1.80. The van der Waals surface area contributed by atoms with Crippen molar-refractivity contribution in [3.8, 4) is 0 Å². The molecule has 0 aromatic heterocycles. The fourth-order valence-corrected chi connectivity index (χ4v) is 0.218. The summed E-state index contributed by atoms with van der Waals surface area (Å²) in [5, 5.41) is 8.35. The van der Waals surface area contributed by atoms with E-state index in [9.17, 15) is 0 Å². The number of hydrogen-bond acceptors (Lipinski definition) is 3. The summed E-state index contributed by atoms with van der Waals surface area (Å²) < 4.78 is 0. The van der Waals surface area contributed by atoms with Crippen LogP contribution < -0.4 is 11.5 Å². The average molecular weight is 102 g/mol. The van der Waals surface area contributed by atoms with Crippen LogP contribution in [0.5, 0.6) is 0 Å². The van der Waals surface area contributed by atoms with Crippen molar-refractivity contribution in [3.63, 3.8) is 0 Å². The molecular weight excluding hydrogens is 92.1 g/mol. The van der Waals surface area contributed by atoms with Crippen molar-refractivity contribution in [1.82, 2.24) is 0 Å². The van der Waals surface area contributed by atoms with Crippen LogP contribution in [0.25, 0.3) is 0 Å². The third-order valence-corrected chi connectivity index (χ3v) is 0.514. The molecule has 0 fully saturated rings. The SMILES string of the molecule is N/C=C\C[C@H](N)O. The number of hydrogen-bond donors (Lipinski definition) is 3.